The van der Waals surface area contributed by atoms with Crippen molar-refractivity contribution in [3.05, 3.63) is 0 Å². The molecule has 0 spiro atoms. The van der Waals surface area contributed by atoms with Crippen LogP contribution in [-0.2, 0) is 0 Å². The summed E-state index contributed by atoms with van der Waals surface area (Å²) < 4.78 is 1.71. The molecule has 0 saturated carbocycles. The molecule has 0 aliphatic carbocycles. The number of thiocarbonyl (C=S) groups is 1. The molecule has 0 saturated heterocycles. The molecule has 0 radical (unpaired) electrons. The van der Waals surface area contributed by atoms with Crippen LogP contribution in [0.15, 0.2) is 0 Å². The summed E-state index contributed by atoms with van der Waals surface area (Å²) in [4.78, 5) is 2.14. The van der Waals surface area contributed by atoms with E-state index in [2.05, 4.69) is 31.2 Å². The molecule has 48 valence electrons. The lowest BCUT2D eigenvalue weighted by molar-refractivity contribution is 0.438. The molecule has 8 heavy (non-hydrogen) atoms. The minimum Gasteiger partial charge on any atom is -0.309 e. The molecule has 1 nitrogen and oxygen atoms in total. The molecule has 0 aromatic heterocycles. The van der Waals surface area contributed by atoms with Crippen molar-refractivity contribution in [2.45, 2.75) is 0 Å². The van der Waals surface area contributed by atoms with Crippen LogP contribution in [0.4, 0.5) is 0 Å². The molecule has 0 bridgehead atoms. The summed E-state index contributed by atoms with van der Waals surface area (Å²) in [7, 11) is 4.12. The standard InChI is InChI=1S/C5H11NS2/c1-6(2)3-4-8-5-7/h5H,3-4H2,1-2H3. The van der Waals surface area contributed by atoms with Gasteiger partial charge in [-0.2, -0.15) is 0 Å². The van der Waals surface area contributed by atoms with Gasteiger partial charge in [0.05, 0.1) is 0 Å². The number of hydrogen-bond acceptors (Lipinski definition) is 3. The van der Waals surface area contributed by atoms with Crippen molar-refractivity contribution >= 4 is 28.7 Å². The Labute approximate surface area is 60.4 Å². The van der Waals surface area contributed by atoms with E-state index in [9.17, 15) is 0 Å². The third-order valence-electron chi connectivity index (χ3n) is 0.724. The Morgan fingerprint density at radius 2 is 2.25 bits per heavy atom. The molecule has 0 rings (SSSR count). The SMILES string of the molecule is CN(C)CCSC=S. The van der Waals surface area contributed by atoms with Gasteiger partial charge in [-0.15, -0.1) is 11.8 Å². The van der Waals surface area contributed by atoms with E-state index < -0.39 is 0 Å². The van der Waals surface area contributed by atoms with E-state index in [1.54, 1.807) is 16.5 Å². The molecule has 0 aromatic carbocycles. The Balaban J connectivity index is 2.81. The molecule has 0 aliphatic heterocycles. The number of nitrogens with zero attached hydrogens (tertiary/aromatic N) is 1. The largest absolute Gasteiger partial charge is 0.309 e. The second-order valence-corrected chi connectivity index (χ2v) is 3.28. The smallest absolute Gasteiger partial charge is 0.0342 e. The van der Waals surface area contributed by atoms with Gasteiger partial charge in [0.15, 0.2) is 0 Å². The van der Waals surface area contributed by atoms with E-state index >= 15 is 0 Å². The fraction of sp³-hybridized carbons (Fsp3) is 0.800. The maximum Gasteiger partial charge on any atom is 0.0342 e. The predicted molar refractivity (Wildman–Crippen MR) is 44.7 cm³/mol. The second-order valence-electron chi connectivity index (χ2n) is 1.77. The van der Waals surface area contributed by atoms with Crippen LogP contribution in [-0.4, -0.2) is 36.0 Å². The van der Waals surface area contributed by atoms with Crippen molar-refractivity contribution in [2.24, 2.45) is 0 Å². The summed E-state index contributed by atoms with van der Waals surface area (Å²) in [6.07, 6.45) is 0. The molecule has 3 heteroatoms. The van der Waals surface area contributed by atoms with E-state index in [4.69, 9.17) is 0 Å². The summed E-state index contributed by atoms with van der Waals surface area (Å²) in [5, 5.41) is 0. The lowest BCUT2D eigenvalue weighted by atomic mass is 10.7. The zero-order chi connectivity index (χ0) is 6.41. The van der Waals surface area contributed by atoms with E-state index in [-0.39, 0.29) is 0 Å². The van der Waals surface area contributed by atoms with Crippen LogP contribution >= 0.6 is 24.0 Å². The average Bonchev–Trinajstić information content (AvgIpc) is 1.66. The number of rotatable bonds is 4. The van der Waals surface area contributed by atoms with E-state index in [1.807, 2.05) is 0 Å². The van der Waals surface area contributed by atoms with Crippen LogP contribution in [0.5, 0.6) is 0 Å². The first kappa shape index (κ1) is 8.40. The van der Waals surface area contributed by atoms with Gasteiger partial charge >= 0.3 is 0 Å². The number of thioether (sulfide) groups is 1. The second kappa shape index (κ2) is 5.54. The zero-order valence-electron chi connectivity index (χ0n) is 5.26. The van der Waals surface area contributed by atoms with Crippen LogP contribution in [0, 0.1) is 0 Å². The molecule has 0 amide bonds. The Kier molecular flexibility index (Phi) is 5.81. The molecular weight excluding hydrogens is 138 g/mol. The lowest BCUT2D eigenvalue weighted by Gasteiger charge is -2.05. The minimum atomic E-state index is 1.11. The Morgan fingerprint density at radius 3 is 2.62 bits per heavy atom. The highest BCUT2D eigenvalue weighted by atomic mass is 32.2. The van der Waals surface area contributed by atoms with Gasteiger partial charge in [-0.25, -0.2) is 0 Å². The first-order chi connectivity index (χ1) is 3.77. The van der Waals surface area contributed by atoms with Gasteiger partial charge in [0.1, 0.15) is 0 Å². The van der Waals surface area contributed by atoms with Crippen LogP contribution in [0.25, 0.3) is 0 Å². The average molecular weight is 149 g/mol. The molecule has 0 fully saturated rings. The number of hydrogen-bond donors (Lipinski definition) is 0. The highest BCUT2D eigenvalue weighted by Gasteiger charge is 1.85. The van der Waals surface area contributed by atoms with Crippen molar-refractivity contribution in [2.75, 3.05) is 26.4 Å². The summed E-state index contributed by atoms with van der Waals surface area (Å²) in [6.45, 7) is 1.11. The Morgan fingerprint density at radius 1 is 1.62 bits per heavy atom. The van der Waals surface area contributed by atoms with Gasteiger partial charge in [0.25, 0.3) is 0 Å². The summed E-state index contributed by atoms with van der Waals surface area (Å²) in [5.74, 6) is 1.11. The topological polar surface area (TPSA) is 3.24 Å². The van der Waals surface area contributed by atoms with Gasteiger partial charge in [0, 0.05) is 17.0 Å². The highest BCUT2D eigenvalue weighted by Crippen LogP contribution is 1.93. The minimum absolute atomic E-state index is 1.11. The van der Waals surface area contributed by atoms with Gasteiger partial charge in [-0.05, 0) is 14.1 Å². The Hall–Kier alpha value is 0.400. The highest BCUT2D eigenvalue weighted by molar-refractivity contribution is 8.20. The van der Waals surface area contributed by atoms with Gasteiger partial charge in [0.2, 0.25) is 0 Å². The maximum absolute atomic E-state index is 4.62. The van der Waals surface area contributed by atoms with E-state index in [1.165, 1.54) is 0 Å². The maximum atomic E-state index is 4.62. The predicted octanol–water partition coefficient (Wildman–Crippen LogP) is 1.24. The fourth-order valence-corrected chi connectivity index (χ4v) is 1.14. The van der Waals surface area contributed by atoms with Crippen molar-refractivity contribution in [1.82, 2.24) is 4.90 Å². The molecule has 0 atom stereocenters. The normalized spacial score (nSPS) is 9.88. The molecule has 0 unspecified atom stereocenters. The molecule has 0 heterocycles. The molecule has 0 aromatic rings. The molecule has 0 aliphatic rings. The van der Waals surface area contributed by atoms with Gasteiger partial charge < -0.3 is 4.90 Å². The van der Waals surface area contributed by atoms with Crippen LogP contribution in [0.2, 0.25) is 0 Å². The monoisotopic (exact) mass is 149 g/mol. The Bertz CT molecular complexity index is 63.4. The van der Waals surface area contributed by atoms with Gasteiger partial charge in [-0.3, -0.25) is 0 Å². The first-order valence-electron chi connectivity index (χ1n) is 2.47. The quantitative estimate of drug-likeness (QED) is 0.437. The van der Waals surface area contributed by atoms with Crippen molar-refractivity contribution in [3.63, 3.8) is 0 Å². The zero-order valence-corrected chi connectivity index (χ0v) is 6.89. The fourth-order valence-electron chi connectivity index (χ4n) is 0.283. The van der Waals surface area contributed by atoms with Crippen LogP contribution in [0.3, 0.4) is 0 Å². The van der Waals surface area contributed by atoms with Crippen LogP contribution < -0.4 is 0 Å². The third-order valence-corrected chi connectivity index (χ3v) is 1.69. The van der Waals surface area contributed by atoms with E-state index in [0.717, 1.165) is 12.3 Å². The van der Waals surface area contributed by atoms with Crippen molar-refractivity contribution < 1.29 is 0 Å². The van der Waals surface area contributed by atoms with Gasteiger partial charge in [-0.1, -0.05) is 12.2 Å². The summed E-state index contributed by atoms with van der Waals surface area (Å²) in [5.41, 5.74) is 0. The van der Waals surface area contributed by atoms with Crippen LogP contribution in [0.1, 0.15) is 0 Å². The third kappa shape index (κ3) is 6.40. The van der Waals surface area contributed by atoms with Crippen molar-refractivity contribution in [3.8, 4) is 0 Å². The first-order valence-corrected chi connectivity index (χ1v) is 3.99. The summed E-state index contributed by atoms with van der Waals surface area (Å²) >= 11 is 6.31. The van der Waals surface area contributed by atoms with Crippen molar-refractivity contribution in [1.29, 1.82) is 0 Å². The molecule has 0 N–H and O–H groups in total. The summed E-state index contributed by atoms with van der Waals surface area (Å²) in [6, 6.07) is 0. The lowest BCUT2D eigenvalue weighted by Crippen LogP contribution is -2.14. The van der Waals surface area contributed by atoms with E-state index in [0.29, 0.717) is 0 Å². The molecular formula is C5H11NS2.